The molecule has 1 saturated carbocycles. The van der Waals surface area contributed by atoms with Crippen LogP contribution >= 0.6 is 0 Å². The van der Waals surface area contributed by atoms with Crippen LogP contribution in [0.1, 0.15) is 34.7 Å². The lowest BCUT2D eigenvalue weighted by atomic mass is 10.1. The topological polar surface area (TPSA) is 46.5 Å². The van der Waals surface area contributed by atoms with Crippen LogP contribution in [0.25, 0.3) is 0 Å². The number of carboxylic acids is 1. The minimum absolute atomic E-state index is 0.233. The van der Waals surface area contributed by atoms with Gasteiger partial charge in [0.2, 0.25) is 0 Å². The average Bonchev–Trinajstić information content (AvgIpc) is 3.00. The third-order valence-electron chi connectivity index (χ3n) is 2.50. The zero-order valence-electron chi connectivity index (χ0n) is 7.99. The molecule has 0 bridgehead atoms. The second kappa shape index (κ2) is 3.33. The highest BCUT2D eigenvalue weighted by molar-refractivity contribution is 5.91. The molecular weight excluding hydrogens is 180 g/mol. The monoisotopic (exact) mass is 192 g/mol. The van der Waals surface area contributed by atoms with E-state index in [1.807, 2.05) is 12.1 Å². The van der Waals surface area contributed by atoms with Crippen molar-refractivity contribution in [3.63, 3.8) is 0 Å². The standard InChI is InChI=1S/C11H12O3/c1-14-10-6-8(7-2-3-7)4-5-9(10)11(12)13/h4-7H,2-3H2,1H3,(H,12,13). The van der Waals surface area contributed by atoms with Gasteiger partial charge in [-0.3, -0.25) is 0 Å². The maximum Gasteiger partial charge on any atom is 0.339 e. The Balaban J connectivity index is 2.38. The highest BCUT2D eigenvalue weighted by Crippen LogP contribution is 2.41. The molecule has 0 amide bonds. The Hall–Kier alpha value is -1.51. The number of carbonyl (C=O) groups is 1. The minimum atomic E-state index is -0.941. The molecule has 0 aliphatic heterocycles. The van der Waals surface area contributed by atoms with Crippen molar-refractivity contribution in [2.45, 2.75) is 18.8 Å². The summed E-state index contributed by atoms with van der Waals surface area (Å²) in [6.45, 7) is 0. The first kappa shape index (κ1) is 9.06. The predicted octanol–water partition coefficient (Wildman–Crippen LogP) is 2.27. The molecule has 1 aliphatic rings. The Kier molecular flexibility index (Phi) is 2.15. The second-order valence-corrected chi connectivity index (χ2v) is 3.54. The van der Waals surface area contributed by atoms with Gasteiger partial charge in [0.15, 0.2) is 0 Å². The van der Waals surface area contributed by atoms with Crippen LogP contribution in [0.2, 0.25) is 0 Å². The molecule has 1 aliphatic carbocycles. The molecule has 74 valence electrons. The first-order chi connectivity index (χ1) is 6.72. The largest absolute Gasteiger partial charge is 0.496 e. The van der Waals surface area contributed by atoms with Crippen LogP contribution in [0.3, 0.4) is 0 Å². The summed E-state index contributed by atoms with van der Waals surface area (Å²) in [7, 11) is 1.50. The number of aromatic carboxylic acids is 1. The molecule has 3 nitrogen and oxygen atoms in total. The van der Waals surface area contributed by atoms with Crippen LogP contribution in [0.15, 0.2) is 18.2 Å². The summed E-state index contributed by atoms with van der Waals surface area (Å²) in [5, 5.41) is 8.86. The maximum atomic E-state index is 10.8. The van der Waals surface area contributed by atoms with Crippen molar-refractivity contribution in [3.05, 3.63) is 29.3 Å². The van der Waals surface area contributed by atoms with E-state index >= 15 is 0 Å². The lowest BCUT2D eigenvalue weighted by Gasteiger charge is -2.06. The van der Waals surface area contributed by atoms with Gasteiger partial charge in [-0.1, -0.05) is 6.07 Å². The molecule has 1 aromatic carbocycles. The molecule has 0 unspecified atom stereocenters. The number of ether oxygens (including phenoxy) is 1. The lowest BCUT2D eigenvalue weighted by Crippen LogP contribution is -2.00. The van der Waals surface area contributed by atoms with Crippen LogP contribution in [0.4, 0.5) is 0 Å². The van der Waals surface area contributed by atoms with E-state index in [1.54, 1.807) is 6.07 Å². The van der Waals surface area contributed by atoms with E-state index in [4.69, 9.17) is 9.84 Å². The first-order valence-corrected chi connectivity index (χ1v) is 4.63. The molecule has 0 aromatic heterocycles. The number of carboxylic acid groups (broad SMARTS) is 1. The van der Waals surface area contributed by atoms with Gasteiger partial charge in [0, 0.05) is 0 Å². The van der Waals surface area contributed by atoms with Gasteiger partial charge in [0.1, 0.15) is 11.3 Å². The smallest absolute Gasteiger partial charge is 0.339 e. The third kappa shape index (κ3) is 1.58. The van der Waals surface area contributed by atoms with Crippen LogP contribution in [0, 0.1) is 0 Å². The Morgan fingerprint density at radius 3 is 2.71 bits per heavy atom. The summed E-state index contributed by atoms with van der Waals surface area (Å²) in [6.07, 6.45) is 2.41. The summed E-state index contributed by atoms with van der Waals surface area (Å²) >= 11 is 0. The highest BCUT2D eigenvalue weighted by atomic mass is 16.5. The van der Waals surface area contributed by atoms with E-state index in [-0.39, 0.29) is 5.56 Å². The molecule has 0 spiro atoms. The molecule has 1 aromatic rings. The number of benzene rings is 1. The van der Waals surface area contributed by atoms with Gasteiger partial charge in [-0.05, 0) is 36.5 Å². The Morgan fingerprint density at radius 2 is 2.21 bits per heavy atom. The number of methoxy groups -OCH3 is 1. The zero-order valence-corrected chi connectivity index (χ0v) is 7.99. The molecule has 2 rings (SSSR count). The minimum Gasteiger partial charge on any atom is -0.496 e. The van der Waals surface area contributed by atoms with Crippen LogP contribution < -0.4 is 4.74 Å². The Bertz CT molecular complexity index is 367. The SMILES string of the molecule is COc1cc(C2CC2)ccc1C(=O)O. The van der Waals surface area contributed by atoms with Gasteiger partial charge >= 0.3 is 5.97 Å². The van der Waals surface area contributed by atoms with Gasteiger partial charge in [-0.25, -0.2) is 4.79 Å². The molecule has 0 saturated heterocycles. The summed E-state index contributed by atoms with van der Waals surface area (Å²) in [5.41, 5.74) is 1.42. The summed E-state index contributed by atoms with van der Waals surface area (Å²) in [5.74, 6) is 0.137. The fourth-order valence-electron chi connectivity index (χ4n) is 1.56. The molecule has 0 heterocycles. The van der Waals surface area contributed by atoms with Crippen LogP contribution in [-0.4, -0.2) is 18.2 Å². The predicted molar refractivity (Wildman–Crippen MR) is 51.9 cm³/mol. The number of hydrogen-bond acceptors (Lipinski definition) is 2. The van der Waals surface area contributed by atoms with Gasteiger partial charge in [-0.15, -0.1) is 0 Å². The van der Waals surface area contributed by atoms with E-state index in [2.05, 4.69) is 0 Å². The molecule has 1 fully saturated rings. The molecule has 0 atom stereocenters. The fourth-order valence-corrected chi connectivity index (χ4v) is 1.56. The molecule has 3 heteroatoms. The molecule has 14 heavy (non-hydrogen) atoms. The van der Waals surface area contributed by atoms with Crippen molar-refractivity contribution in [2.24, 2.45) is 0 Å². The van der Waals surface area contributed by atoms with Crippen LogP contribution in [0.5, 0.6) is 5.75 Å². The first-order valence-electron chi connectivity index (χ1n) is 4.63. The normalized spacial score (nSPS) is 15.2. The average molecular weight is 192 g/mol. The maximum absolute atomic E-state index is 10.8. The molecular formula is C11H12O3. The van der Waals surface area contributed by atoms with Gasteiger partial charge in [0.25, 0.3) is 0 Å². The van der Waals surface area contributed by atoms with Crippen molar-refractivity contribution in [3.8, 4) is 5.75 Å². The van der Waals surface area contributed by atoms with Gasteiger partial charge < -0.3 is 9.84 Å². The van der Waals surface area contributed by atoms with Crippen molar-refractivity contribution >= 4 is 5.97 Å². The molecule has 1 N–H and O–H groups in total. The van der Waals surface area contributed by atoms with Crippen molar-refractivity contribution in [1.29, 1.82) is 0 Å². The van der Waals surface area contributed by atoms with E-state index in [9.17, 15) is 4.79 Å². The quantitative estimate of drug-likeness (QED) is 0.799. The van der Waals surface area contributed by atoms with Crippen LogP contribution in [-0.2, 0) is 0 Å². The molecule has 0 radical (unpaired) electrons. The van der Waals surface area contributed by atoms with Gasteiger partial charge in [0.05, 0.1) is 7.11 Å². The highest BCUT2D eigenvalue weighted by Gasteiger charge is 2.24. The van der Waals surface area contributed by atoms with E-state index in [0.29, 0.717) is 11.7 Å². The van der Waals surface area contributed by atoms with Crippen molar-refractivity contribution < 1.29 is 14.6 Å². The van der Waals surface area contributed by atoms with E-state index in [0.717, 1.165) is 0 Å². The third-order valence-corrected chi connectivity index (χ3v) is 2.50. The Morgan fingerprint density at radius 1 is 1.50 bits per heavy atom. The van der Waals surface area contributed by atoms with E-state index in [1.165, 1.54) is 25.5 Å². The second-order valence-electron chi connectivity index (χ2n) is 3.54. The number of rotatable bonds is 3. The van der Waals surface area contributed by atoms with Crippen molar-refractivity contribution in [2.75, 3.05) is 7.11 Å². The lowest BCUT2D eigenvalue weighted by molar-refractivity contribution is 0.0693. The summed E-state index contributed by atoms with van der Waals surface area (Å²) in [4.78, 5) is 10.8. The number of hydrogen-bond donors (Lipinski definition) is 1. The van der Waals surface area contributed by atoms with Gasteiger partial charge in [-0.2, -0.15) is 0 Å². The van der Waals surface area contributed by atoms with E-state index < -0.39 is 5.97 Å². The van der Waals surface area contributed by atoms with Crippen molar-refractivity contribution in [1.82, 2.24) is 0 Å². The summed E-state index contributed by atoms with van der Waals surface area (Å²) in [6, 6.07) is 5.33. The summed E-state index contributed by atoms with van der Waals surface area (Å²) < 4.78 is 5.04. The fraction of sp³-hybridized carbons (Fsp3) is 0.364. The Labute approximate surface area is 82.3 Å². The zero-order chi connectivity index (χ0) is 10.1.